The fraction of sp³-hybridized carbons (Fsp3) is 0.265. The summed E-state index contributed by atoms with van der Waals surface area (Å²) in [6.07, 6.45) is 9.16. The standard InChI is InChI=1S/C34H34N4O2S/c39-41(40,38-21-19-37(20-22-38)34(25-9-3-1-4-10-25)26-11-5-2-6-12-26)28-16-17-32-31(23-28)29-14-7-15-30(29)33(36-32)27-13-8-18-35-24-27/h1-14,16-18,23-24,29-30,33-34,36H,15,19-22H2. The highest BCUT2D eigenvalue weighted by Crippen LogP contribution is 2.50. The molecule has 2 aliphatic heterocycles. The van der Waals surface area contributed by atoms with Crippen molar-refractivity contribution in [3.8, 4) is 0 Å². The fourth-order valence-corrected chi connectivity index (χ4v) is 8.32. The lowest BCUT2D eigenvalue weighted by Crippen LogP contribution is -2.49. The van der Waals surface area contributed by atoms with E-state index < -0.39 is 10.0 Å². The van der Waals surface area contributed by atoms with Crippen molar-refractivity contribution in [2.24, 2.45) is 5.92 Å². The van der Waals surface area contributed by atoms with Crippen molar-refractivity contribution < 1.29 is 8.42 Å². The number of nitrogens with zero attached hydrogens (tertiary/aromatic N) is 3. The molecule has 3 heterocycles. The summed E-state index contributed by atoms with van der Waals surface area (Å²) in [4.78, 5) is 7.12. The average molecular weight is 563 g/mol. The average Bonchev–Trinajstić information content (AvgIpc) is 3.53. The second kappa shape index (κ2) is 10.9. The monoisotopic (exact) mass is 562 g/mol. The molecule has 1 aromatic heterocycles. The van der Waals surface area contributed by atoms with Gasteiger partial charge in [-0.2, -0.15) is 4.31 Å². The predicted molar refractivity (Wildman–Crippen MR) is 162 cm³/mol. The van der Waals surface area contributed by atoms with Gasteiger partial charge < -0.3 is 5.32 Å². The summed E-state index contributed by atoms with van der Waals surface area (Å²) in [5, 5.41) is 3.70. The summed E-state index contributed by atoms with van der Waals surface area (Å²) in [6.45, 7) is 2.26. The third kappa shape index (κ3) is 4.88. The Morgan fingerprint density at radius 3 is 2.20 bits per heavy atom. The van der Waals surface area contributed by atoms with Crippen LogP contribution in [0.5, 0.6) is 0 Å². The Labute approximate surface area is 242 Å². The molecule has 1 fully saturated rings. The lowest BCUT2D eigenvalue weighted by Gasteiger charge is -2.40. The maximum atomic E-state index is 13.9. The van der Waals surface area contributed by atoms with E-state index in [4.69, 9.17) is 0 Å². The van der Waals surface area contributed by atoms with Crippen molar-refractivity contribution in [3.63, 3.8) is 0 Å². The maximum absolute atomic E-state index is 13.9. The lowest BCUT2D eigenvalue weighted by molar-refractivity contribution is 0.156. The van der Waals surface area contributed by atoms with Crippen molar-refractivity contribution in [2.45, 2.75) is 29.3 Å². The Morgan fingerprint density at radius 2 is 1.54 bits per heavy atom. The lowest BCUT2D eigenvalue weighted by atomic mass is 9.77. The zero-order valence-corrected chi connectivity index (χ0v) is 23.7. The van der Waals surface area contributed by atoms with Gasteiger partial charge in [-0.05, 0) is 58.9 Å². The van der Waals surface area contributed by atoms with Crippen LogP contribution in [0.25, 0.3) is 0 Å². The van der Waals surface area contributed by atoms with E-state index in [1.54, 1.807) is 16.6 Å². The van der Waals surface area contributed by atoms with E-state index in [0.717, 1.165) is 23.2 Å². The van der Waals surface area contributed by atoms with Crippen molar-refractivity contribution in [1.82, 2.24) is 14.2 Å². The van der Waals surface area contributed by atoms with Crippen LogP contribution < -0.4 is 5.32 Å². The molecule has 0 amide bonds. The van der Waals surface area contributed by atoms with E-state index in [-0.39, 0.29) is 18.0 Å². The zero-order valence-electron chi connectivity index (χ0n) is 22.9. The number of piperazine rings is 1. The molecule has 3 aromatic carbocycles. The van der Waals surface area contributed by atoms with Crippen molar-refractivity contribution in [2.75, 3.05) is 31.5 Å². The largest absolute Gasteiger partial charge is 0.378 e. The van der Waals surface area contributed by atoms with Gasteiger partial charge in [0.25, 0.3) is 0 Å². The quantitative estimate of drug-likeness (QED) is 0.292. The van der Waals surface area contributed by atoms with Crippen LogP contribution in [0.2, 0.25) is 0 Å². The Morgan fingerprint density at radius 1 is 0.829 bits per heavy atom. The summed E-state index contributed by atoms with van der Waals surface area (Å²) < 4.78 is 29.5. The summed E-state index contributed by atoms with van der Waals surface area (Å²) in [6, 6.07) is 30.9. The molecule has 3 atom stereocenters. The van der Waals surface area contributed by atoms with Crippen molar-refractivity contribution in [1.29, 1.82) is 0 Å². The molecule has 208 valence electrons. The molecular formula is C34H34N4O2S. The van der Waals surface area contributed by atoms with Crippen molar-refractivity contribution >= 4 is 15.7 Å². The van der Waals surface area contributed by atoms with E-state index in [1.165, 1.54) is 11.1 Å². The Balaban J connectivity index is 1.12. The molecule has 1 N–H and O–H groups in total. The summed E-state index contributed by atoms with van der Waals surface area (Å²) in [5.41, 5.74) is 5.68. The number of rotatable bonds is 6. The molecular weight excluding hydrogens is 528 g/mol. The van der Waals surface area contributed by atoms with E-state index in [1.807, 2.05) is 36.5 Å². The molecule has 3 aliphatic rings. The first kappa shape index (κ1) is 26.1. The van der Waals surface area contributed by atoms with Crippen LogP contribution in [-0.2, 0) is 10.0 Å². The van der Waals surface area contributed by atoms with Gasteiger partial charge in [-0.15, -0.1) is 0 Å². The highest BCUT2D eigenvalue weighted by Gasteiger charge is 2.39. The molecule has 41 heavy (non-hydrogen) atoms. The second-order valence-electron chi connectivity index (χ2n) is 11.2. The first-order valence-corrected chi connectivity index (χ1v) is 15.8. The number of pyridine rings is 1. The van der Waals surface area contributed by atoms with Gasteiger partial charge in [0.05, 0.1) is 17.0 Å². The predicted octanol–water partition coefficient (Wildman–Crippen LogP) is 6.00. The van der Waals surface area contributed by atoms with Crippen LogP contribution in [-0.4, -0.2) is 48.8 Å². The molecule has 0 radical (unpaired) electrons. The minimum atomic E-state index is -3.62. The van der Waals surface area contributed by atoms with Crippen molar-refractivity contribution in [3.05, 3.63) is 138 Å². The molecule has 1 saturated heterocycles. The van der Waals surface area contributed by atoms with Crippen LogP contribution >= 0.6 is 0 Å². The van der Waals surface area contributed by atoms with Gasteiger partial charge >= 0.3 is 0 Å². The molecule has 0 bridgehead atoms. The number of benzene rings is 3. The summed E-state index contributed by atoms with van der Waals surface area (Å²) in [5.74, 6) is 0.516. The smallest absolute Gasteiger partial charge is 0.243 e. The van der Waals surface area contributed by atoms with E-state index in [0.29, 0.717) is 37.0 Å². The van der Waals surface area contributed by atoms with Gasteiger partial charge in [0.15, 0.2) is 0 Å². The maximum Gasteiger partial charge on any atom is 0.243 e. The normalized spacial score (nSPS) is 22.7. The van der Waals surface area contributed by atoms with Gasteiger partial charge in [0, 0.05) is 50.2 Å². The molecule has 6 nitrogen and oxygen atoms in total. The Hall–Kier alpha value is -3.78. The fourth-order valence-electron chi connectivity index (χ4n) is 6.86. The topological polar surface area (TPSA) is 65.5 Å². The van der Waals surface area contributed by atoms with Crippen LogP contribution in [0.3, 0.4) is 0 Å². The van der Waals surface area contributed by atoms with Gasteiger partial charge in [-0.1, -0.05) is 78.9 Å². The number of hydrogen-bond donors (Lipinski definition) is 1. The third-order valence-electron chi connectivity index (χ3n) is 8.88. The highest BCUT2D eigenvalue weighted by atomic mass is 32.2. The molecule has 0 spiro atoms. The first-order chi connectivity index (χ1) is 20.1. The van der Waals surface area contributed by atoms with E-state index >= 15 is 0 Å². The molecule has 0 saturated carbocycles. The number of allylic oxidation sites excluding steroid dienone is 2. The van der Waals surface area contributed by atoms with Crippen LogP contribution in [0, 0.1) is 5.92 Å². The number of sulfonamides is 1. The molecule has 7 heteroatoms. The number of aromatic nitrogens is 1. The second-order valence-corrected chi connectivity index (χ2v) is 13.1. The number of anilines is 1. The van der Waals surface area contributed by atoms with Gasteiger partial charge in [-0.3, -0.25) is 9.88 Å². The minimum absolute atomic E-state index is 0.0934. The molecule has 3 unspecified atom stereocenters. The Bertz CT molecular complexity index is 1600. The first-order valence-electron chi connectivity index (χ1n) is 14.4. The van der Waals surface area contributed by atoms with Crippen LogP contribution in [0.4, 0.5) is 5.69 Å². The molecule has 7 rings (SSSR count). The van der Waals surface area contributed by atoms with Crippen LogP contribution in [0.15, 0.2) is 120 Å². The van der Waals surface area contributed by atoms with Gasteiger partial charge in [0.1, 0.15) is 0 Å². The van der Waals surface area contributed by atoms with Gasteiger partial charge in [0.2, 0.25) is 10.0 Å². The van der Waals surface area contributed by atoms with Crippen LogP contribution in [0.1, 0.15) is 46.7 Å². The highest BCUT2D eigenvalue weighted by molar-refractivity contribution is 7.89. The Kier molecular flexibility index (Phi) is 6.95. The molecule has 4 aromatic rings. The van der Waals surface area contributed by atoms with E-state index in [9.17, 15) is 8.42 Å². The zero-order chi connectivity index (χ0) is 27.8. The number of hydrogen-bond acceptors (Lipinski definition) is 5. The molecule has 1 aliphatic carbocycles. The summed E-state index contributed by atoms with van der Waals surface area (Å²) in [7, 11) is -3.62. The number of nitrogens with one attached hydrogen (secondary N) is 1. The van der Waals surface area contributed by atoms with Gasteiger partial charge in [-0.25, -0.2) is 8.42 Å². The summed E-state index contributed by atoms with van der Waals surface area (Å²) >= 11 is 0. The third-order valence-corrected chi connectivity index (χ3v) is 10.8. The minimum Gasteiger partial charge on any atom is -0.378 e. The number of fused-ring (bicyclic) bond motifs is 3. The van der Waals surface area contributed by atoms with E-state index in [2.05, 4.69) is 82.0 Å². The SMILES string of the molecule is O=S(=O)(c1ccc2c(c1)C1C=CCC1C(c1cccnc1)N2)N1CCN(C(c2ccccc2)c2ccccc2)CC1.